The molecule has 3 nitrogen and oxygen atoms in total. The van der Waals surface area contributed by atoms with Crippen molar-refractivity contribution in [2.45, 2.75) is 32.6 Å². The van der Waals surface area contributed by atoms with Crippen LogP contribution in [0.25, 0.3) is 0 Å². The van der Waals surface area contributed by atoms with Crippen molar-refractivity contribution in [2.24, 2.45) is 0 Å². The van der Waals surface area contributed by atoms with Crippen molar-refractivity contribution in [2.75, 3.05) is 12.3 Å². The first-order valence-electron chi connectivity index (χ1n) is 8.39. The molecular weight excluding hydrogens is 389 g/mol. The van der Waals surface area contributed by atoms with Gasteiger partial charge in [0, 0.05) is 18.1 Å². The van der Waals surface area contributed by atoms with E-state index < -0.39 is 6.10 Å². The zero-order chi connectivity index (χ0) is 19.1. The first-order chi connectivity index (χ1) is 12.3. The number of hydrogen-bond donors (Lipinski definition) is 1. The van der Waals surface area contributed by atoms with Gasteiger partial charge < -0.3 is 10.1 Å². The Kier molecular flexibility index (Phi) is 8.14. The van der Waals surface area contributed by atoms with Gasteiger partial charge in [0.1, 0.15) is 5.75 Å². The summed E-state index contributed by atoms with van der Waals surface area (Å²) in [7, 11) is 0. The predicted molar refractivity (Wildman–Crippen MR) is 112 cm³/mol. The van der Waals surface area contributed by atoms with Crippen molar-refractivity contribution in [3.8, 4) is 5.75 Å². The van der Waals surface area contributed by atoms with Gasteiger partial charge in [-0.05, 0) is 61.7 Å². The highest BCUT2D eigenvalue weighted by Gasteiger charge is 2.14. The molecule has 1 amide bonds. The number of amides is 1. The Morgan fingerprint density at radius 1 is 1.12 bits per heavy atom. The Hall–Kier alpha value is -1.36. The summed E-state index contributed by atoms with van der Waals surface area (Å²) < 4.78 is 5.74. The van der Waals surface area contributed by atoms with E-state index in [4.69, 9.17) is 27.9 Å². The first kappa shape index (κ1) is 20.9. The number of carbonyl (C=O) groups excluding carboxylic acids is 1. The van der Waals surface area contributed by atoms with Crippen molar-refractivity contribution in [1.82, 2.24) is 5.32 Å². The molecule has 0 spiro atoms. The van der Waals surface area contributed by atoms with E-state index in [1.54, 1.807) is 24.8 Å². The van der Waals surface area contributed by atoms with Gasteiger partial charge in [0.15, 0.2) is 6.10 Å². The number of rotatable bonds is 8. The minimum Gasteiger partial charge on any atom is -0.481 e. The molecule has 0 bridgehead atoms. The summed E-state index contributed by atoms with van der Waals surface area (Å²) in [6.45, 7) is 6.37. The zero-order valence-electron chi connectivity index (χ0n) is 15.1. The Labute approximate surface area is 169 Å². The second-order valence-electron chi connectivity index (χ2n) is 6.18. The largest absolute Gasteiger partial charge is 0.481 e. The average Bonchev–Trinajstić information content (AvgIpc) is 2.56. The Balaban J connectivity index is 1.69. The third-order valence-corrected chi connectivity index (χ3v) is 5.44. The molecule has 0 aromatic heterocycles. The van der Waals surface area contributed by atoms with Gasteiger partial charge in [-0.3, -0.25) is 4.79 Å². The van der Waals surface area contributed by atoms with E-state index in [0.717, 1.165) is 33.9 Å². The Morgan fingerprint density at radius 2 is 1.81 bits per heavy atom. The standard InChI is InChI=1S/C20H23Cl2NO2S/c1-13-8-14(2)10-17(9-13)25-15(3)20(24)23-6-7-26-12-16-4-5-18(21)19(22)11-16/h4-5,8-11,15H,6-7,12H2,1-3H3,(H,23,24)/t15-/m0/s1. The molecule has 0 saturated heterocycles. The third kappa shape index (κ3) is 6.75. The number of benzene rings is 2. The molecule has 2 aromatic carbocycles. The summed E-state index contributed by atoms with van der Waals surface area (Å²) in [6, 6.07) is 11.6. The summed E-state index contributed by atoms with van der Waals surface area (Å²) in [5.74, 6) is 2.24. The lowest BCUT2D eigenvalue weighted by Crippen LogP contribution is -2.37. The molecule has 0 saturated carbocycles. The summed E-state index contributed by atoms with van der Waals surface area (Å²) in [5, 5.41) is 4.03. The van der Waals surface area contributed by atoms with Crippen LogP contribution >= 0.6 is 35.0 Å². The van der Waals surface area contributed by atoms with E-state index in [9.17, 15) is 4.79 Å². The molecule has 2 aromatic rings. The van der Waals surface area contributed by atoms with E-state index in [-0.39, 0.29) is 5.91 Å². The van der Waals surface area contributed by atoms with Crippen molar-refractivity contribution in [1.29, 1.82) is 0 Å². The molecule has 0 radical (unpaired) electrons. The van der Waals surface area contributed by atoms with Crippen LogP contribution in [0.3, 0.4) is 0 Å². The lowest BCUT2D eigenvalue weighted by molar-refractivity contribution is -0.127. The van der Waals surface area contributed by atoms with Crippen LogP contribution in [0.1, 0.15) is 23.6 Å². The number of nitrogens with one attached hydrogen (secondary N) is 1. The number of hydrogen-bond acceptors (Lipinski definition) is 3. The van der Waals surface area contributed by atoms with Gasteiger partial charge in [-0.2, -0.15) is 11.8 Å². The highest BCUT2D eigenvalue weighted by molar-refractivity contribution is 7.98. The highest BCUT2D eigenvalue weighted by Crippen LogP contribution is 2.24. The molecule has 6 heteroatoms. The highest BCUT2D eigenvalue weighted by atomic mass is 35.5. The number of aryl methyl sites for hydroxylation is 2. The second-order valence-corrected chi connectivity index (χ2v) is 8.10. The maximum Gasteiger partial charge on any atom is 0.260 e. The van der Waals surface area contributed by atoms with E-state index in [2.05, 4.69) is 11.4 Å². The third-order valence-electron chi connectivity index (χ3n) is 3.68. The van der Waals surface area contributed by atoms with Crippen LogP contribution in [0.4, 0.5) is 0 Å². The summed E-state index contributed by atoms with van der Waals surface area (Å²) in [5.41, 5.74) is 3.35. The fourth-order valence-corrected chi connectivity index (χ4v) is 3.59. The first-order valence-corrected chi connectivity index (χ1v) is 10.3. The molecule has 0 aliphatic rings. The lowest BCUT2D eigenvalue weighted by atomic mass is 10.1. The molecule has 1 atom stereocenters. The normalized spacial score (nSPS) is 11.9. The molecule has 1 N–H and O–H groups in total. The van der Waals surface area contributed by atoms with Gasteiger partial charge in [-0.1, -0.05) is 35.3 Å². The van der Waals surface area contributed by atoms with Crippen molar-refractivity contribution in [3.05, 3.63) is 63.1 Å². The average molecular weight is 412 g/mol. The van der Waals surface area contributed by atoms with E-state index in [1.807, 2.05) is 38.1 Å². The van der Waals surface area contributed by atoms with Gasteiger partial charge in [0.25, 0.3) is 5.91 Å². The van der Waals surface area contributed by atoms with Crippen LogP contribution in [-0.4, -0.2) is 24.3 Å². The minimum atomic E-state index is -0.531. The van der Waals surface area contributed by atoms with Crippen molar-refractivity contribution in [3.63, 3.8) is 0 Å². The molecule has 140 valence electrons. The maximum atomic E-state index is 12.2. The molecule has 0 unspecified atom stereocenters. The SMILES string of the molecule is Cc1cc(C)cc(O[C@@H](C)C(=O)NCCSCc2ccc(Cl)c(Cl)c2)c1. The van der Waals surface area contributed by atoms with Crippen molar-refractivity contribution >= 4 is 40.9 Å². The van der Waals surface area contributed by atoms with Gasteiger partial charge in [0.05, 0.1) is 10.0 Å². The van der Waals surface area contributed by atoms with Crippen LogP contribution in [0.15, 0.2) is 36.4 Å². The summed E-state index contributed by atoms with van der Waals surface area (Å²) in [6.07, 6.45) is -0.531. The molecule has 0 aliphatic heterocycles. The molecule has 0 heterocycles. The number of thioether (sulfide) groups is 1. The van der Waals surface area contributed by atoms with Gasteiger partial charge >= 0.3 is 0 Å². The van der Waals surface area contributed by atoms with Crippen LogP contribution < -0.4 is 10.1 Å². The molecule has 0 fully saturated rings. The molecule has 0 aliphatic carbocycles. The number of carbonyl (C=O) groups is 1. The second kappa shape index (κ2) is 10.1. The van der Waals surface area contributed by atoms with E-state index in [0.29, 0.717) is 16.6 Å². The zero-order valence-corrected chi connectivity index (χ0v) is 17.5. The summed E-state index contributed by atoms with van der Waals surface area (Å²) >= 11 is 13.6. The number of halogens is 2. The Morgan fingerprint density at radius 3 is 2.46 bits per heavy atom. The van der Waals surface area contributed by atoms with Gasteiger partial charge in [-0.15, -0.1) is 0 Å². The lowest BCUT2D eigenvalue weighted by Gasteiger charge is -2.15. The van der Waals surface area contributed by atoms with Gasteiger partial charge in [0.2, 0.25) is 0 Å². The topological polar surface area (TPSA) is 38.3 Å². The van der Waals surface area contributed by atoms with Gasteiger partial charge in [-0.25, -0.2) is 0 Å². The smallest absolute Gasteiger partial charge is 0.260 e. The predicted octanol–water partition coefficient (Wildman–Crippen LogP) is 5.43. The maximum absolute atomic E-state index is 12.2. The van der Waals surface area contributed by atoms with Crippen LogP contribution in [-0.2, 0) is 10.5 Å². The fourth-order valence-electron chi connectivity index (χ4n) is 2.47. The number of ether oxygens (including phenoxy) is 1. The fraction of sp³-hybridized carbons (Fsp3) is 0.350. The van der Waals surface area contributed by atoms with Crippen LogP contribution in [0.5, 0.6) is 5.75 Å². The Bertz CT molecular complexity index is 747. The monoisotopic (exact) mass is 411 g/mol. The van der Waals surface area contributed by atoms with E-state index >= 15 is 0 Å². The van der Waals surface area contributed by atoms with Crippen molar-refractivity contribution < 1.29 is 9.53 Å². The summed E-state index contributed by atoms with van der Waals surface area (Å²) in [4.78, 5) is 12.2. The molecular formula is C20H23Cl2NO2S. The minimum absolute atomic E-state index is 0.112. The van der Waals surface area contributed by atoms with Crippen LogP contribution in [0.2, 0.25) is 10.0 Å². The van der Waals surface area contributed by atoms with E-state index in [1.165, 1.54) is 0 Å². The van der Waals surface area contributed by atoms with Crippen LogP contribution in [0, 0.1) is 13.8 Å². The molecule has 2 rings (SSSR count). The molecule has 26 heavy (non-hydrogen) atoms. The quantitative estimate of drug-likeness (QED) is 0.588.